The molecule has 0 aromatic carbocycles. The summed E-state index contributed by atoms with van der Waals surface area (Å²) in [6.45, 7) is 1.96. The van der Waals surface area contributed by atoms with Crippen molar-refractivity contribution in [3.05, 3.63) is 0 Å². The minimum atomic E-state index is -0.459. The molecule has 96 valence electrons. The van der Waals surface area contributed by atoms with E-state index >= 15 is 0 Å². The number of urea groups is 1. The first kappa shape index (κ1) is 14.5. The lowest BCUT2D eigenvalue weighted by atomic mass is 9.86. The second-order valence-corrected chi connectivity index (χ2v) is 5.23. The van der Waals surface area contributed by atoms with Gasteiger partial charge in [0.15, 0.2) is 0 Å². The molecular weight excluding hydrogens is 258 g/mol. The van der Waals surface area contributed by atoms with Gasteiger partial charge >= 0.3 is 6.03 Å². The standard InChI is InChI=1S/C10H18N2O3P2/c1-7(3-2-6-13)10(4-5-10)8(14)12(17)9(15)11-16/h6-7H,2-5,16-17H2,1H3,(H,11,15). The molecule has 1 aliphatic carbocycles. The number of carbonyl (C=O) groups excluding carboxylic acids is 3. The summed E-state index contributed by atoms with van der Waals surface area (Å²) in [6.07, 6.45) is 3.60. The molecule has 0 aromatic rings. The largest absolute Gasteiger partial charge is 0.329 e. The van der Waals surface area contributed by atoms with Crippen LogP contribution >= 0.6 is 18.8 Å². The normalized spacial score (nSPS) is 18.1. The van der Waals surface area contributed by atoms with Crippen LogP contribution in [0.1, 0.15) is 32.6 Å². The van der Waals surface area contributed by atoms with Crippen molar-refractivity contribution < 1.29 is 14.4 Å². The number of nitrogens with one attached hydrogen (secondary N) is 1. The lowest BCUT2D eigenvalue weighted by Crippen LogP contribution is -2.40. The van der Waals surface area contributed by atoms with Crippen LogP contribution in [0.5, 0.6) is 0 Å². The van der Waals surface area contributed by atoms with E-state index in [1.54, 1.807) is 0 Å². The van der Waals surface area contributed by atoms with Crippen LogP contribution < -0.4 is 5.09 Å². The van der Waals surface area contributed by atoms with Crippen LogP contribution in [0.3, 0.4) is 0 Å². The van der Waals surface area contributed by atoms with Crippen LogP contribution in [0.25, 0.3) is 0 Å². The molecule has 5 nitrogen and oxygen atoms in total. The summed E-state index contributed by atoms with van der Waals surface area (Å²) < 4.78 is 1.04. The Kier molecular flexibility index (Phi) is 5.03. The van der Waals surface area contributed by atoms with E-state index in [2.05, 4.69) is 23.9 Å². The highest BCUT2D eigenvalue weighted by molar-refractivity contribution is 7.18. The van der Waals surface area contributed by atoms with E-state index < -0.39 is 11.4 Å². The minimum absolute atomic E-state index is 0.126. The molecule has 0 heterocycles. The summed E-state index contributed by atoms with van der Waals surface area (Å²) in [5.41, 5.74) is -0.443. The molecule has 1 fully saturated rings. The third-order valence-corrected chi connectivity index (χ3v) is 4.15. The van der Waals surface area contributed by atoms with Crippen molar-refractivity contribution in [1.82, 2.24) is 9.76 Å². The topological polar surface area (TPSA) is 66.5 Å². The molecule has 0 bridgehead atoms. The SMILES string of the molecule is CC(CCC=O)C1(C(=O)N(P)C(=O)NP)CC1. The molecule has 17 heavy (non-hydrogen) atoms. The molecule has 3 atom stereocenters. The fourth-order valence-corrected chi connectivity index (χ4v) is 2.67. The molecule has 0 aliphatic heterocycles. The maximum atomic E-state index is 12.2. The highest BCUT2D eigenvalue weighted by Gasteiger charge is 2.55. The van der Waals surface area contributed by atoms with E-state index in [9.17, 15) is 14.4 Å². The Bertz CT molecular complexity index is 332. The van der Waals surface area contributed by atoms with Crippen molar-refractivity contribution in [1.29, 1.82) is 0 Å². The van der Waals surface area contributed by atoms with Gasteiger partial charge in [-0.2, -0.15) is 0 Å². The monoisotopic (exact) mass is 276 g/mol. The van der Waals surface area contributed by atoms with E-state index in [-0.39, 0.29) is 11.8 Å². The molecule has 1 saturated carbocycles. The Morgan fingerprint density at radius 1 is 1.53 bits per heavy atom. The summed E-state index contributed by atoms with van der Waals surface area (Å²) >= 11 is 0. The maximum Gasteiger partial charge on any atom is 0.329 e. The molecule has 1 aliphatic rings. The van der Waals surface area contributed by atoms with E-state index in [1.807, 2.05) is 6.92 Å². The zero-order valence-corrected chi connectivity index (χ0v) is 12.1. The summed E-state index contributed by atoms with van der Waals surface area (Å²) in [5, 5.41) is 2.33. The van der Waals surface area contributed by atoms with Crippen LogP contribution in [0, 0.1) is 11.3 Å². The average molecular weight is 276 g/mol. The van der Waals surface area contributed by atoms with Gasteiger partial charge in [-0.05, 0) is 44.0 Å². The van der Waals surface area contributed by atoms with Gasteiger partial charge in [0.1, 0.15) is 6.29 Å². The molecule has 0 spiro atoms. The van der Waals surface area contributed by atoms with Crippen molar-refractivity contribution in [2.45, 2.75) is 32.6 Å². The third kappa shape index (κ3) is 3.02. The number of nitrogens with zero attached hydrogens (tertiary/aromatic N) is 1. The number of rotatable bonds is 5. The van der Waals surface area contributed by atoms with E-state index in [1.165, 1.54) is 0 Å². The number of amides is 3. The minimum Gasteiger partial charge on any atom is -0.322 e. The van der Waals surface area contributed by atoms with Crippen molar-refractivity contribution >= 4 is 37.0 Å². The van der Waals surface area contributed by atoms with Gasteiger partial charge in [-0.25, -0.2) is 9.46 Å². The second kappa shape index (κ2) is 5.88. The Labute approximate surface area is 106 Å². The van der Waals surface area contributed by atoms with Crippen LogP contribution in [0.15, 0.2) is 0 Å². The van der Waals surface area contributed by atoms with Crippen molar-refractivity contribution in [2.75, 3.05) is 0 Å². The Balaban J connectivity index is 2.67. The van der Waals surface area contributed by atoms with Crippen LogP contribution in [0.2, 0.25) is 0 Å². The predicted octanol–water partition coefficient (Wildman–Crippen LogP) is 1.50. The van der Waals surface area contributed by atoms with Crippen molar-refractivity contribution in [3.8, 4) is 0 Å². The number of hydrogen-bond acceptors (Lipinski definition) is 3. The smallest absolute Gasteiger partial charge is 0.322 e. The quantitative estimate of drug-likeness (QED) is 0.611. The molecule has 3 amide bonds. The molecule has 0 saturated heterocycles. The Morgan fingerprint density at radius 2 is 2.12 bits per heavy atom. The van der Waals surface area contributed by atoms with Gasteiger partial charge in [0.25, 0.3) is 0 Å². The molecular formula is C10H18N2O3P2. The number of hydrogen-bond donors (Lipinski definition) is 1. The van der Waals surface area contributed by atoms with Gasteiger partial charge in [-0.1, -0.05) is 6.92 Å². The zero-order valence-electron chi connectivity index (χ0n) is 9.81. The van der Waals surface area contributed by atoms with Crippen LogP contribution in [0.4, 0.5) is 4.79 Å². The number of imide groups is 1. The van der Waals surface area contributed by atoms with Gasteiger partial charge in [0, 0.05) is 6.42 Å². The summed E-state index contributed by atoms with van der Waals surface area (Å²) in [4.78, 5) is 33.9. The zero-order chi connectivity index (χ0) is 13.1. The van der Waals surface area contributed by atoms with Crippen molar-refractivity contribution in [2.24, 2.45) is 11.3 Å². The first-order valence-corrected chi connectivity index (χ1v) is 6.62. The lowest BCUT2D eigenvalue weighted by Gasteiger charge is -2.26. The average Bonchev–Trinajstić information content (AvgIpc) is 3.14. The highest BCUT2D eigenvalue weighted by atomic mass is 31.0. The van der Waals surface area contributed by atoms with Gasteiger partial charge in [0.05, 0.1) is 5.41 Å². The second-order valence-electron chi connectivity index (χ2n) is 4.43. The molecule has 7 heteroatoms. The first-order chi connectivity index (χ1) is 7.99. The lowest BCUT2D eigenvalue weighted by molar-refractivity contribution is -0.131. The van der Waals surface area contributed by atoms with Crippen LogP contribution in [-0.4, -0.2) is 22.9 Å². The van der Waals surface area contributed by atoms with E-state index in [4.69, 9.17) is 0 Å². The van der Waals surface area contributed by atoms with Gasteiger partial charge in [0.2, 0.25) is 5.91 Å². The fourth-order valence-electron chi connectivity index (χ4n) is 2.05. The molecule has 1 rings (SSSR count). The fraction of sp³-hybridized carbons (Fsp3) is 0.700. The molecule has 0 radical (unpaired) electrons. The van der Waals surface area contributed by atoms with Crippen molar-refractivity contribution in [3.63, 3.8) is 0 Å². The number of aldehydes is 1. The Morgan fingerprint density at radius 3 is 2.53 bits per heavy atom. The molecule has 0 aromatic heterocycles. The van der Waals surface area contributed by atoms with Gasteiger partial charge < -0.3 is 9.88 Å². The third-order valence-electron chi connectivity index (χ3n) is 3.44. The van der Waals surface area contributed by atoms with E-state index in [0.717, 1.165) is 23.8 Å². The van der Waals surface area contributed by atoms with Gasteiger partial charge in [-0.15, -0.1) is 0 Å². The summed E-state index contributed by atoms with van der Waals surface area (Å²) in [7, 11) is 4.21. The number of carbonyl (C=O) groups is 3. The Hall–Kier alpha value is -0.530. The molecule has 3 unspecified atom stereocenters. The molecule has 1 N–H and O–H groups in total. The van der Waals surface area contributed by atoms with Gasteiger partial charge in [-0.3, -0.25) is 4.79 Å². The predicted molar refractivity (Wildman–Crippen MR) is 70.9 cm³/mol. The first-order valence-electron chi connectivity index (χ1n) is 5.53. The highest BCUT2D eigenvalue weighted by Crippen LogP contribution is 2.55. The summed E-state index contributed by atoms with van der Waals surface area (Å²) in [6, 6.07) is -0.459. The maximum absolute atomic E-state index is 12.2. The summed E-state index contributed by atoms with van der Waals surface area (Å²) in [5.74, 6) is -0.0543. The van der Waals surface area contributed by atoms with E-state index in [0.29, 0.717) is 12.8 Å². The van der Waals surface area contributed by atoms with Crippen LogP contribution in [-0.2, 0) is 9.59 Å².